The second-order valence-corrected chi connectivity index (χ2v) is 4.56. The predicted molar refractivity (Wildman–Crippen MR) is 80.1 cm³/mol. The van der Waals surface area contributed by atoms with Gasteiger partial charge >= 0.3 is 0 Å². The summed E-state index contributed by atoms with van der Waals surface area (Å²) in [6.07, 6.45) is 0.789. The van der Waals surface area contributed by atoms with E-state index in [0.29, 0.717) is 24.0 Å². The molecule has 0 atom stereocenters. The van der Waals surface area contributed by atoms with Crippen molar-refractivity contribution in [2.75, 3.05) is 20.3 Å². The number of ether oxygens (including phenoxy) is 3. The molecule has 0 unspecified atom stereocenters. The average Bonchev–Trinajstić information content (AvgIpc) is 2.49. The maximum absolute atomic E-state index is 5.99. The van der Waals surface area contributed by atoms with Crippen molar-refractivity contribution in [3.8, 4) is 17.2 Å². The summed E-state index contributed by atoms with van der Waals surface area (Å²) in [7, 11) is 1.64. The molecule has 0 radical (unpaired) electrons. The Balaban J connectivity index is 1.67. The fourth-order valence-corrected chi connectivity index (χ4v) is 1.86. The first-order valence-electron chi connectivity index (χ1n) is 6.44. The van der Waals surface area contributed by atoms with Crippen LogP contribution in [0.2, 0.25) is 5.02 Å². The highest BCUT2D eigenvalue weighted by atomic mass is 35.5. The summed E-state index contributed by atoms with van der Waals surface area (Å²) in [4.78, 5) is 0. The third-order valence-electron chi connectivity index (χ3n) is 2.71. The Kier molecular flexibility index (Phi) is 5.56. The number of para-hydroxylation sites is 1. The Hall–Kier alpha value is -1.87. The summed E-state index contributed by atoms with van der Waals surface area (Å²) in [6, 6.07) is 14.9. The van der Waals surface area contributed by atoms with Gasteiger partial charge in [-0.2, -0.15) is 0 Å². The Morgan fingerprint density at radius 2 is 1.50 bits per heavy atom. The minimum atomic E-state index is 0.569. The molecular formula is C16H17ClO3. The van der Waals surface area contributed by atoms with E-state index in [4.69, 9.17) is 25.8 Å². The van der Waals surface area contributed by atoms with Gasteiger partial charge in [0.2, 0.25) is 0 Å². The Bertz CT molecular complexity index is 526. The molecule has 106 valence electrons. The molecule has 0 saturated carbocycles. The zero-order valence-electron chi connectivity index (χ0n) is 11.3. The first-order valence-corrected chi connectivity index (χ1v) is 6.81. The zero-order valence-corrected chi connectivity index (χ0v) is 12.1. The molecule has 0 aliphatic carbocycles. The van der Waals surface area contributed by atoms with Crippen LogP contribution in [0.25, 0.3) is 0 Å². The van der Waals surface area contributed by atoms with E-state index >= 15 is 0 Å². The molecule has 0 spiro atoms. The molecule has 0 amide bonds. The van der Waals surface area contributed by atoms with Crippen LogP contribution in [-0.4, -0.2) is 20.3 Å². The lowest BCUT2D eigenvalue weighted by Gasteiger charge is -2.09. The second kappa shape index (κ2) is 7.65. The molecule has 0 saturated heterocycles. The maximum atomic E-state index is 5.99. The minimum Gasteiger partial charge on any atom is -0.497 e. The number of methoxy groups -OCH3 is 1. The highest BCUT2D eigenvalue weighted by Gasteiger charge is 1.99. The van der Waals surface area contributed by atoms with Gasteiger partial charge in [0.1, 0.15) is 17.2 Å². The van der Waals surface area contributed by atoms with Crippen LogP contribution < -0.4 is 14.2 Å². The van der Waals surface area contributed by atoms with Gasteiger partial charge in [0, 0.05) is 6.42 Å². The van der Waals surface area contributed by atoms with Crippen molar-refractivity contribution in [3.63, 3.8) is 0 Å². The van der Waals surface area contributed by atoms with Crippen molar-refractivity contribution in [1.82, 2.24) is 0 Å². The van der Waals surface area contributed by atoms with E-state index in [0.717, 1.165) is 17.9 Å². The van der Waals surface area contributed by atoms with Gasteiger partial charge in [-0.3, -0.25) is 0 Å². The van der Waals surface area contributed by atoms with E-state index in [1.165, 1.54) is 0 Å². The number of benzene rings is 2. The Morgan fingerprint density at radius 3 is 2.20 bits per heavy atom. The van der Waals surface area contributed by atoms with Crippen LogP contribution in [0.15, 0.2) is 48.5 Å². The summed E-state index contributed by atoms with van der Waals surface area (Å²) < 4.78 is 16.3. The quantitative estimate of drug-likeness (QED) is 0.716. The molecule has 2 aromatic carbocycles. The Labute approximate surface area is 124 Å². The Morgan fingerprint density at radius 1 is 0.850 bits per heavy atom. The van der Waals surface area contributed by atoms with E-state index in [2.05, 4.69) is 0 Å². The summed E-state index contributed by atoms with van der Waals surface area (Å²) in [6.45, 7) is 1.16. The van der Waals surface area contributed by atoms with E-state index in [9.17, 15) is 0 Å². The summed E-state index contributed by atoms with van der Waals surface area (Å²) in [5.41, 5.74) is 0. The van der Waals surface area contributed by atoms with Crippen molar-refractivity contribution >= 4 is 11.6 Å². The first-order chi connectivity index (χ1) is 9.79. The lowest BCUT2D eigenvalue weighted by Crippen LogP contribution is -2.05. The third kappa shape index (κ3) is 4.35. The van der Waals surface area contributed by atoms with Crippen LogP contribution in [0.4, 0.5) is 0 Å². The third-order valence-corrected chi connectivity index (χ3v) is 3.02. The van der Waals surface area contributed by atoms with Crippen molar-refractivity contribution in [3.05, 3.63) is 53.6 Å². The van der Waals surface area contributed by atoms with Gasteiger partial charge in [-0.05, 0) is 36.4 Å². The van der Waals surface area contributed by atoms with Gasteiger partial charge in [-0.1, -0.05) is 23.7 Å². The highest BCUT2D eigenvalue weighted by Crippen LogP contribution is 2.23. The van der Waals surface area contributed by atoms with Gasteiger partial charge in [-0.25, -0.2) is 0 Å². The second-order valence-electron chi connectivity index (χ2n) is 4.16. The van der Waals surface area contributed by atoms with Gasteiger partial charge in [-0.15, -0.1) is 0 Å². The van der Waals surface area contributed by atoms with Crippen LogP contribution in [0, 0.1) is 0 Å². The van der Waals surface area contributed by atoms with Gasteiger partial charge < -0.3 is 14.2 Å². The van der Waals surface area contributed by atoms with E-state index in [1.807, 2.05) is 48.5 Å². The fourth-order valence-electron chi connectivity index (χ4n) is 1.66. The largest absolute Gasteiger partial charge is 0.497 e. The van der Waals surface area contributed by atoms with Crippen molar-refractivity contribution in [1.29, 1.82) is 0 Å². The van der Waals surface area contributed by atoms with Crippen LogP contribution in [0.3, 0.4) is 0 Å². The first kappa shape index (κ1) is 14.5. The molecule has 2 aromatic rings. The summed E-state index contributed by atoms with van der Waals surface area (Å²) in [5, 5.41) is 0.628. The SMILES string of the molecule is COc1ccc(OCCCOc2ccccc2Cl)cc1. The molecule has 0 heterocycles. The molecule has 0 bridgehead atoms. The topological polar surface area (TPSA) is 27.7 Å². The zero-order chi connectivity index (χ0) is 14.2. The number of halogens is 1. The van der Waals surface area contributed by atoms with Crippen molar-refractivity contribution < 1.29 is 14.2 Å². The normalized spacial score (nSPS) is 10.1. The van der Waals surface area contributed by atoms with Crippen LogP contribution in [0.1, 0.15) is 6.42 Å². The number of hydrogen-bond acceptors (Lipinski definition) is 3. The van der Waals surface area contributed by atoms with Crippen LogP contribution in [-0.2, 0) is 0 Å². The lowest BCUT2D eigenvalue weighted by atomic mass is 10.3. The maximum Gasteiger partial charge on any atom is 0.137 e. The minimum absolute atomic E-state index is 0.569. The molecule has 3 nitrogen and oxygen atoms in total. The van der Waals surface area contributed by atoms with Crippen LogP contribution >= 0.6 is 11.6 Å². The molecule has 2 rings (SSSR count). The van der Waals surface area contributed by atoms with Gasteiger partial charge in [0.25, 0.3) is 0 Å². The molecule has 0 aliphatic rings. The number of rotatable bonds is 7. The highest BCUT2D eigenvalue weighted by molar-refractivity contribution is 6.32. The average molecular weight is 293 g/mol. The van der Waals surface area contributed by atoms with E-state index in [1.54, 1.807) is 7.11 Å². The molecule has 20 heavy (non-hydrogen) atoms. The smallest absolute Gasteiger partial charge is 0.137 e. The molecule has 0 fully saturated rings. The van der Waals surface area contributed by atoms with Gasteiger partial charge in [0.15, 0.2) is 0 Å². The van der Waals surface area contributed by atoms with E-state index < -0.39 is 0 Å². The summed E-state index contributed by atoms with van der Waals surface area (Å²) in [5.74, 6) is 2.35. The molecule has 0 aliphatic heterocycles. The van der Waals surface area contributed by atoms with E-state index in [-0.39, 0.29) is 0 Å². The molecular weight excluding hydrogens is 276 g/mol. The van der Waals surface area contributed by atoms with Gasteiger partial charge in [0.05, 0.1) is 25.3 Å². The number of hydrogen-bond donors (Lipinski definition) is 0. The predicted octanol–water partition coefficient (Wildman–Crippen LogP) is 4.20. The standard InChI is InChI=1S/C16H17ClO3/c1-18-13-7-9-14(10-8-13)19-11-4-12-20-16-6-3-2-5-15(16)17/h2-3,5-10H,4,11-12H2,1H3. The van der Waals surface area contributed by atoms with Crippen LogP contribution in [0.5, 0.6) is 17.2 Å². The summed E-state index contributed by atoms with van der Waals surface area (Å²) >= 11 is 5.99. The lowest BCUT2D eigenvalue weighted by molar-refractivity contribution is 0.247. The molecule has 4 heteroatoms. The fraction of sp³-hybridized carbons (Fsp3) is 0.250. The molecule has 0 aromatic heterocycles. The monoisotopic (exact) mass is 292 g/mol. The molecule has 0 N–H and O–H groups in total. The van der Waals surface area contributed by atoms with Crippen molar-refractivity contribution in [2.45, 2.75) is 6.42 Å². The van der Waals surface area contributed by atoms with Crippen molar-refractivity contribution in [2.24, 2.45) is 0 Å².